The van der Waals surface area contributed by atoms with Crippen LogP contribution < -0.4 is 0 Å². The molecule has 0 spiro atoms. The Morgan fingerprint density at radius 2 is 1.94 bits per heavy atom. The van der Waals surface area contributed by atoms with E-state index in [1.54, 1.807) is 10.4 Å². The van der Waals surface area contributed by atoms with Gasteiger partial charge in [-0.05, 0) is 36.5 Å². The molecule has 2 aromatic rings. The third kappa shape index (κ3) is 1.85. The number of fused-ring (bicyclic) bond motifs is 1. The van der Waals surface area contributed by atoms with Crippen molar-refractivity contribution in [1.82, 2.24) is 0 Å². The van der Waals surface area contributed by atoms with Gasteiger partial charge in [0.2, 0.25) is 0 Å². The van der Waals surface area contributed by atoms with E-state index in [9.17, 15) is 0 Å². The van der Waals surface area contributed by atoms with Crippen molar-refractivity contribution in [1.29, 1.82) is 0 Å². The standard InChI is InChI=1S/C14H13BrS/c15-14(10-5-2-1-3-6-10)13-9-11-7-4-8-12(11)16-13/h1-3,5-6,9,14H,4,7-8H2. The average Bonchev–Trinajstić information content (AvgIpc) is 2.89. The Bertz CT molecular complexity index is 465. The Labute approximate surface area is 108 Å². The van der Waals surface area contributed by atoms with E-state index in [4.69, 9.17) is 0 Å². The van der Waals surface area contributed by atoms with Crippen molar-refractivity contribution in [2.45, 2.75) is 24.1 Å². The van der Waals surface area contributed by atoms with E-state index in [0.717, 1.165) is 0 Å². The van der Waals surface area contributed by atoms with Crippen molar-refractivity contribution in [3.8, 4) is 0 Å². The highest BCUT2D eigenvalue weighted by Crippen LogP contribution is 2.39. The molecule has 0 radical (unpaired) electrons. The second-order valence-electron chi connectivity index (χ2n) is 4.22. The van der Waals surface area contributed by atoms with Crippen LogP contribution in [0.3, 0.4) is 0 Å². The highest BCUT2D eigenvalue weighted by atomic mass is 79.9. The maximum absolute atomic E-state index is 3.81. The van der Waals surface area contributed by atoms with E-state index in [2.05, 4.69) is 52.3 Å². The third-order valence-corrected chi connectivity index (χ3v) is 5.73. The molecule has 0 nitrogen and oxygen atoms in total. The smallest absolute Gasteiger partial charge is 0.0738 e. The SMILES string of the molecule is BrC(c1ccccc1)c1cc2c(s1)CCC2. The normalized spacial score (nSPS) is 16.1. The molecular formula is C14H13BrS. The predicted octanol–water partition coefficient (Wildman–Crippen LogP) is 4.72. The monoisotopic (exact) mass is 292 g/mol. The van der Waals surface area contributed by atoms with E-state index in [1.807, 2.05) is 11.3 Å². The topological polar surface area (TPSA) is 0 Å². The Morgan fingerprint density at radius 3 is 2.69 bits per heavy atom. The molecule has 0 amide bonds. The van der Waals surface area contributed by atoms with Crippen LogP contribution in [0, 0.1) is 0 Å². The molecule has 0 N–H and O–H groups in total. The van der Waals surface area contributed by atoms with Crippen LogP contribution in [-0.2, 0) is 12.8 Å². The molecule has 3 rings (SSSR count). The molecule has 2 heteroatoms. The fourth-order valence-electron chi connectivity index (χ4n) is 2.26. The van der Waals surface area contributed by atoms with Gasteiger partial charge < -0.3 is 0 Å². The molecule has 0 aliphatic heterocycles. The Kier molecular flexibility index (Phi) is 2.86. The molecule has 1 aliphatic rings. The lowest BCUT2D eigenvalue weighted by atomic mass is 10.1. The number of thiophene rings is 1. The van der Waals surface area contributed by atoms with Crippen molar-refractivity contribution >= 4 is 27.3 Å². The molecule has 1 aromatic heterocycles. The van der Waals surface area contributed by atoms with Crippen LogP contribution in [0.4, 0.5) is 0 Å². The number of hydrogen-bond acceptors (Lipinski definition) is 1. The minimum atomic E-state index is 0.365. The maximum atomic E-state index is 3.81. The average molecular weight is 293 g/mol. The summed E-state index contributed by atoms with van der Waals surface area (Å²) in [5.74, 6) is 0. The second-order valence-corrected chi connectivity index (χ2v) is 6.31. The van der Waals surface area contributed by atoms with Gasteiger partial charge in [0.25, 0.3) is 0 Å². The molecule has 1 aromatic carbocycles. The zero-order valence-corrected chi connectivity index (χ0v) is 11.4. The summed E-state index contributed by atoms with van der Waals surface area (Å²) in [7, 11) is 0. The Hall–Kier alpha value is -0.600. The maximum Gasteiger partial charge on any atom is 0.0738 e. The van der Waals surface area contributed by atoms with Crippen molar-refractivity contribution in [2.75, 3.05) is 0 Å². The molecule has 1 unspecified atom stereocenters. The minimum Gasteiger partial charge on any atom is -0.144 e. The number of aryl methyl sites for hydroxylation is 2. The fourth-order valence-corrected chi connectivity index (χ4v) is 4.24. The van der Waals surface area contributed by atoms with Gasteiger partial charge in [-0.1, -0.05) is 46.3 Å². The molecular weight excluding hydrogens is 280 g/mol. The summed E-state index contributed by atoms with van der Waals surface area (Å²) >= 11 is 5.78. The van der Waals surface area contributed by atoms with Crippen molar-refractivity contribution in [3.05, 3.63) is 57.3 Å². The third-order valence-electron chi connectivity index (χ3n) is 3.11. The number of hydrogen-bond donors (Lipinski definition) is 0. The Morgan fingerprint density at radius 1 is 1.12 bits per heavy atom. The number of halogens is 1. The molecule has 16 heavy (non-hydrogen) atoms. The van der Waals surface area contributed by atoms with Gasteiger partial charge in [0.1, 0.15) is 0 Å². The minimum absolute atomic E-state index is 0.365. The molecule has 1 heterocycles. The number of benzene rings is 1. The van der Waals surface area contributed by atoms with E-state index < -0.39 is 0 Å². The summed E-state index contributed by atoms with van der Waals surface area (Å²) in [4.78, 5) is 3.43. The van der Waals surface area contributed by atoms with Gasteiger partial charge in [-0.25, -0.2) is 0 Å². The van der Waals surface area contributed by atoms with E-state index in [1.165, 1.54) is 29.7 Å². The van der Waals surface area contributed by atoms with Gasteiger partial charge in [-0.15, -0.1) is 11.3 Å². The lowest BCUT2D eigenvalue weighted by molar-refractivity contribution is 0.913. The summed E-state index contributed by atoms with van der Waals surface area (Å²) in [6.07, 6.45) is 3.91. The Balaban J connectivity index is 1.92. The van der Waals surface area contributed by atoms with Gasteiger partial charge in [0.15, 0.2) is 0 Å². The number of rotatable bonds is 2. The first-order chi connectivity index (χ1) is 7.84. The molecule has 0 saturated heterocycles. The molecule has 1 atom stereocenters. The second kappa shape index (κ2) is 4.34. The quantitative estimate of drug-likeness (QED) is 0.703. The van der Waals surface area contributed by atoms with Gasteiger partial charge in [0, 0.05) is 9.75 Å². The zero-order chi connectivity index (χ0) is 11.0. The largest absolute Gasteiger partial charge is 0.144 e. The summed E-state index contributed by atoms with van der Waals surface area (Å²) in [6, 6.07) is 13.0. The van der Waals surface area contributed by atoms with E-state index >= 15 is 0 Å². The highest BCUT2D eigenvalue weighted by molar-refractivity contribution is 9.09. The van der Waals surface area contributed by atoms with E-state index in [0.29, 0.717) is 4.83 Å². The van der Waals surface area contributed by atoms with Gasteiger partial charge in [-0.3, -0.25) is 0 Å². The molecule has 82 valence electrons. The van der Waals surface area contributed by atoms with Gasteiger partial charge >= 0.3 is 0 Å². The summed E-state index contributed by atoms with van der Waals surface area (Å²) in [6.45, 7) is 0. The first kappa shape index (κ1) is 10.5. The van der Waals surface area contributed by atoms with Crippen molar-refractivity contribution < 1.29 is 0 Å². The van der Waals surface area contributed by atoms with Crippen LogP contribution in [0.5, 0.6) is 0 Å². The fraction of sp³-hybridized carbons (Fsp3) is 0.286. The lowest BCUT2D eigenvalue weighted by Crippen LogP contribution is -1.88. The highest BCUT2D eigenvalue weighted by Gasteiger charge is 2.19. The molecule has 0 fully saturated rings. The van der Waals surface area contributed by atoms with Gasteiger partial charge in [-0.2, -0.15) is 0 Å². The van der Waals surface area contributed by atoms with Crippen LogP contribution in [0.1, 0.15) is 32.1 Å². The molecule has 1 aliphatic carbocycles. The zero-order valence-electron chi connectivity index (χ0n) is 8.95. The predicted molar refractivity (Wildman–Crippen MR) is 73.6 cm³/mol. The van der Waals surface area contributed by atoms with Crippen LogP contribution >= 0.6 is 27.3 Å². The van der Waals surface area contributed by atoms with Crippen molar-refractivity contribution in [2.24, 2.45) is 0 Å². The first-order valence-electron chi connectivity index (χ1n) is 5.65. The summed E-state index contributed by atoms with van der Waals surface area (Å²) in [5, 5.41) is 0. The van der Waals surface area contributed by atoms with E-state index in [-0.39, 0.29) is 0 Å². The lowest BCUT2D eigenvalue weighted by Gasteiger charge is -2.07. The summed E-state index contributed by atoms with van der Waals surface area (Å²) < 4.78 is 0. The van der Waals surface area contributed by atoms with Crippen LogP contribution in [0.15, 0.2) is 36.4 Å². The van der Waals surface area contributed by atoms with Crippen LogP contribution in [0.25, 0.3) is 0 Å². The van der Waals surface area contributed by atoms with Crippen LogP contribution in [-0.4, -0.2) is 0 Å². The molecule has 0 saturated carbocycles. The van der Waals surface area contributed by atoms with Crippen LogP contribution in [0.2, 0.25) is 0 Å². The summed E-state index contributed by atoms with van der Waals surface area (Å²) in [5.41, 5.74) is 2.93. The first-order valence-corrected chi connectivity index (χ1v) is 7.38. The number of alkyl halides is 1. The van der Waals surface area contributed by atoms with Crippen molar-refractivity contribution in [3.63, 3.8) is 0 Å². The van der Waals surface area contributed by atoms with Gasteiger partial charge in [0.05, 0.1) is 4.83 Å². The molecule has 0 bridgehead atoms.